The summed E-state index contributed by atoms with van der Waals surface area (Å²) in [4.78, 5) is 12.2. The molecule has 1 amide bonds. The van der Waals surface area contributed by atoms with Gasteiger partial charge in [0.2, 0.25) is 5.89 Å². The van der Waals surface area contributed by atoms with Gasteiger partial charge < -0.3 is 13.9 Å². The monoisotopic (exact) mass is 417 g/mol. The van der Waals surface area contributed by atoms with E-state index in [-0.39, 0.29) is 29.2 Å². The molecule has 152 valence electrons. The second-order valence-electron chi connectivity index (χ2n) is 5.86. The topological polar surface area (TPSA) is 121 Å². The third-order valence-corrected chi connectivity index (χ3v) is 5.67. The van der Waals surface area contributed by atoms with E-state index >= 15 is 0 Å². The highest BCUT2D eigenvalue weighted by Gasteiger charge is 2.15. The Balaban J connectivity index is 1.60. The number of benzene rings is 2. The van der Waals surface area contributed by atoms with Gasteiger partial charge in [-0.15, -0.1) is 5.10 Å². The van der Waals surface area contributed by atoms with Crippen molar-refractivity contribution in [3.63, 3.8) is 0 Å². The Morgan fingerprint density at radius 2 is 1.83 bits per heavy atom. The zero-order chi connectivity index (χ0) is 20.9. The van der Waals surface area contributed by atoms with Crippen LogP contribution in [0.3, 0.4) is 0 Å². The van der Waals surface area contributed by atoms with Crippen LogP contribution in [0.2, 0.25) is 0 Å². The SMILES string of the molecule is CCS(=O)(=O)c1ccc(-c2nnc(NC(=O)COc3cccc(OC)c3)o2)cc1. The Kier molecular flexibility index (Phi) is 6.13. The van der Waals surface area contributed by atoms with Crippen LogP contribution in [0.15, 0.2) is 57.8 Å². The first-order valence-corrected chi connectivity index (χ1v) is 10.3. The fourth-order valence-electron chi connectivity index (χ4n) is 2.36. The number of amides is 1. The fraction of sp³-hybridized carbons (Fsp3) is 0.211. The maximum atomic E-state index is 12.0. The molecule has 0 unspecified atom stereocenters. The number of rotatable bonds is 8. The van der Waals surface area contributed by atoms with E-state index in [2.05, 4.69) is 15.5 Å². The van der Waals surface area contributed by atoms with Crippen molar-refractivity contribution in [2.45, 2.75) is 11.8 Å². The molecule has 0 atom stereocenters. The molecule has 0 aliphatic heterocycles. The van der Waals surface area contributed by atoms with Crippen LogP contribution >= 0.6 is 0 Å². The van der Waals surface area contributed by atoms with Gasteiger partial charge in [-0.05, 0) is 36.4 Å². The smallest absolute Gasteiger partial charge is 0.322 e. The summed E-state index contributed by atoms with van der Waals surface area (Å²) < 4.78 is 39.6. The van der Waals surface area contributed by atoms with Gasteiger partial charge in [0.1, 0.15) is 11.5 Å². The molecule has 0 aliphatic rings. The summed E-state index contributed by atoms with van der Waals surface area (Å²) in [6, 6.07) is 12.8. The first kappa shape index (κ1) is 20.3. The number of aromatic nitrogens is 2. The first-order chi connectivity index (χ1) is 13.9. The number of sulfone groups is 1. The molecule has 9 nitrogen and oxygen atoms in total. The Hall–Kier alpha value is -3.40. The van der Waals surface area contributed by atoms with Gasteiger partial charge in [0.25, 0.3) is 5.91 Å². The standard InChI is InChI=1S/C19H19N3O6S/c1-3-29(24,25)16-9-7-13(8-10-16)18-21-22-19(28-18)20-17(23)12-27-15-6-4-5-14(11-15)26-2/h4-11H,3,12H2,1-2H3,(H,20,22,23). The molecular weight excluding hydrogens is 398 g/mol. The largest absolute Gasteiger partial charge is 0.497 e. The van der Waals surface area contributed by atoms with Gasteiger partial charge in [0.15, 0.2) is 16.4 Å². The zero-order valence-corrected chi connectivity index (χ0v) is 16.6. The van der Waals surface area contributed by atoms with Gasteiger partial charge in [-0.2, -0.15) is 0 Å². The van der Waals surface area contributed by atoms with Gasteiger partial charge in [0, 0.05) is 11.6 Å². The van der Waals surface area contributed by atoms with Crippen LogP contribution in [0.25, 0.3) is 11.5 Å². The highest BCUT2D eigenvalue weighted by Crippen LogP contribution is 2.22. The molecule has 0 bridgehead atoms. The van der Waals surface area contributed by atoms with Crippen LogP contribution in [0, 0.1) is 0 Å². The van der Waals surface area contributed by atoms with Crippen molar-refractivity contribution in [1.82, 2.24) is 10.2 Å². The molecule has 2 aromatic carbocycles. The summed E-state index contributed by atoms with van der Waals surface area (Å²) in [5.74, 6) is 0.776. The quantitative estimate of drug-likeness (QED) is 0.594. The average molecular weight is 417 g/mol. The molecule has 1 N–H and O–H groups in total. The zero-order valence-electron chi connectivity index (χ0n) is 15.8. The van der Waals surface area contributed by atoms with E-state index in [1.165, 1.54) is 19.2 Å². The van der Waals surface area contributed by atoms with Gasteiger partial charge in [-0.1, -0.05) is 18.1 Å². The summed E-state index contributed by atoms with van der Waals surface area (Å²) in [6.07, 6.45) is 0. The number of nitrogens with one attached hydrogen (secondary N) is 1. The van der Waals surface area contributed by atoms with Gasteiger partial charge in [-0.25, -0.2) is 8.42 Å². The predicted molar refractivity (Wildman–Crippen MR) is 105 cm³/mol. The number of hydrogen-bond acceptors (Lipinski definition) is 8. The Bertz CT molecular complexity index is 1090. The summed E-state index contributed by atoms with van der Waals surface area (Å²) in [6.45, 7) is 1.32. The third-order valence-electron chi connectivity index (χ3n) is 3.92. The minimum atomic E-state index is -3.29. The van der Waals surface area contributed by atoms with Crippen LogP contribution in [-0.2, 0) is 14.6 Å². The third kappa shape index (κ3) is 5.11. The first-order valence-electron chi connectivity index (χ1n) is 8.64. The Morgan fingerprint density at radius 3 is 2.52 bits per heavy atom. The van der Waals surface area contributed by atoms with Gasteiger partial charge >= 0.3 is 6.01 Å². The summed E-state index contributed by atoms with van der Waals surface area (Å²) in [7, 11) is -1.75. The van der Waals surface area contributed by atoms with Crippen molar-refractivity contribution in [2.24, 2.45) is 0 Å². The van der Waals surface area contributed by atoms with E-state index < -0.39 is 15.7 Å². The Labute approximate surface area is 167 Å². The van der Waals surface area contributed by atoms with E-state index in [1.807, 2.05) is 0 Å². The van der Waals surface area contributed by atoms with Gasteiger partial charge in [-0.3, -0.25) is 10.1 Å². The van der Waals surface area contributed by atoms with E-state index in [9.17, 15) is 13.2 Å². The molecule has 1 heterocycles. The molecule has 0 spiro atoms. The lowest BCUT2D eigenvalue weighted by molar-refractivity contribution is -0.118. The van der Waals surface area contributed by atoms with E-state index in [0.29, 0.717) is 17.1 Å². The van der Waals surface area contributed by atoms with E-state index in [0.717, 1.165) is 0 Å². The maximum absolute atomic E-state index is 12.0. The maximum Gasteiger partial charge on any atom is 0.322 e. The molecule has 0 saturated heterocycles. The Morgan fingerprint density at radius 1 is 1.10 bits per heavy atom. The molecule has 0 aliphatic carbocycles. The molecular formula is C19H19N3O6S. The van der Waals surface area contributed by atoms with Crippen LogP contribution < -0.4 is 14.8 Å². The lowest BCUT2D eigenvalue weighted by atomic mass is 10.2. The van der Waals surface area contributed by atoms with Crippen LogP contribution in [0.4, 0.5) is 6.01 Å². The van der Waals surface area contributed by atoms with Crippen molar-refractivity contribution in [3.05, 3.63) is 48.5 Å². The summed E-state index contributed by atoms with van der Waals surface area (Å²) >= 11 is 0. The number of carbonyl (C=O) groups is 1. The average Bonchev–Trinajstić information content (AvgIpc) is 3.21. The second-order valence-corrected chi connectivity index (χ2v) is 8.13. The highest BCUT2D eigenvalue weighted by atomic mass is 32.2. The van der Waals surface area contributed by atoms with Crippen LogP contribution in [-0.4, -0.2) is 44.0 Å². The van der Waals surface area contributed by atoms with E-state index in [4.69, 9.17) is 13.9 Å². The second kappa shape index (κ2) is 8.74. The predicted octanol–water partition coefficient (Wildman–Crippen LogP) is 2.56. The number of anilines is 1. The number of carbonyl (C=O) groups excluding carboxylic acids is 1. The van der Waals surface area contributed by atoms with Crippen molar-refractivity contribution >= 4 is 21.8 Å². The number of methoxy groups -OCH3 is 1. The molecule has 0 radical (unpaired) electrons. The molecule has 0 saturated carbocycles. The number of ether oxygens (including phenoxy) is 2. The van der Waals surface area contributed by atoms with Crippen LogP contribution in [0.1, 0.15) is 6.92 Å². The van der Waals surface area contributed by atoms with Crippen molar-refractivity contribution in [1.29, 1.82) is 0 Å². The molecule has 3 rings (SSSR count). The molecule has 3 aromatic rings. The molecule has 10 heteroatoms. The summed E-state index contributed by atoms with van der Waals surface area (Å²) in [5.41, 5.74) is 0.528. The van der Waals surface area contributed by atoms with Crippen LogP contribution in [0.5, 0.6) is 11.5 Å². The van der Waals surface area contributed by atoms with Crippen molar-refractivity contribution in [2.75, 3.05) is 24.8 Å². The fourth-order valence-corrected chi connectivity index (χ4v) is 3.24. The van der Waals surface area contributed by atoms with Crippen molar-refractivity contribution in [3.8, 4) is 23.0 Å². The minimum absolute atomic E-state index is 0.0148. The summed E-state index contributed by atoms with van der Waals surface area (Å²) in [5, 5.41) is 10.1. The normalized spacial score (nSPS) is 11.1. The van der Waals surface area contributed by atoms with Crippen molar-refractivity contribution < 1.29 is 27.1 Å². The minimum Gasteiger partial charge on any atom is -0.497 e. The molecule has 1 aromatic heterocycles. The lowest BCUT2D eigenvalue weighted by Gasteiger charge is -2.06. The van der Waals surface area contributed by atoms with Gasteiger partial charge in [0.05, 0.1) is 17.8 Å². The highest BCUT2D eigenvalue weighted by molar-refractivity contribution is 7.91. The van der Waals surface area contributed by atoms with E-state index in [1.54, 1.807) is 43.3 Å². The number of nitrogens with zero attached hydrogens (tertiary/aromatic N) is 2. The molecule has 0 fully saturated rings. The number of hydrogen-bond donors (Lipinski definition) is 1. The molecule has 29 heavy (non-hydrogen) atoms. The lowest BCUT2D eigenvalue weighted by Crippen LogP contribution is -2.20.